The molecule has 48 heavy (non-hydrogen) atoms. The molecule has 10 nitrogen and oxygen atoms in total. The zero-order valence-corrected chi connectivity index (χ0v) is 28.6. The molecule has 3 aromatic carbocycles. The van der Waals surface area contributed by atoms with Crippen molar-refractivity contribution in [3.8, 4) is 16.9 Å². The average Bonchev–Trinajstić information content (AvgIpc) is 3.07. The van der Waals surface area contributed by atoms with Crippen molar-refractivity contribution in [2.24, 2.45) is 11.1 Å². The van der Waals surface area contributed by atoms with E-state index in [1.807, 2.05) is 71.7 Å². The van der Waals surface area contributed by atoms with E-state index in [1.54, 1.807) is 31.0 Å². The summed E-state index contributed by atoms with van der Waals surface area (Å²) < 4.78 is 5.80. The lowest BCUT2D eigenvalue weighted by Gasteiger charge is -2.39. The molecular weight excluding hydrogens is 606 g/mol. The standard InChI is InChI=1S/C38H51N5O5/c1-4-5-11-23-43(42(28-38(2,3)36(39)46)27-29-16-18-31(44)19-17-29)35(45)22-26-41-24-20-32(21-25-41)48-37(47)40-34-15-10-9-14-33(34)30-12-7-6-8-13-30/h6-10,12-19,32,44H,4-5,11,20-28H2,1-3H3,(H2,39,46)(H,40,47). The Kier molecular flexibility index (Phi) is 13.4. The van der Waals surface area contributed by atoms with Gasteiger partial charge in [0, 0.05) is 51.3 Å². The quantitative estimate of drug-likeness (QED) is 0.120. The molecule has 0 bridgehead atoms. The fourth-order valence-electron chi connectivity index (χ4n) is 5.89. The molecule has 258 valence electrons. The van der Waals surface area contributed by atoms with Crippen LogP contribution < -0.4 is 11.1 Å². The average molecular weight is 658 g/mol. The Bertz CT molecular complexity index is 1470. The molecule has 1 saturated heterocycles. The number of likely N-dealkylation sites (tertiary alicyclic amines) is 1. The van der Waals surface area contributed by atoms with E-state index < -0.39 is 17.4 Å². The number of phenols is 1. The van der Waals surface area contributed by atoms with Crippen LogP contribution in [0.15, 0.2) is 78.9 Å². The Balaban J connectivity index is 1.33. The molecule has 3 aromatic rings. The van der Waals surface area contributed by atoms with Crippen LogP contribution in [0.5, 0.6) is 5.75 Å². The summed E-state index contributed by atoms with van der Waals surface area (Å²) in [6.07, 6.45) is 3.84. The highest BCUT2D eigenvalue weighted by molar-refractivity contribution is 5.91. The lowest BCUT2D eigenvalue weighted by molar-refractivity contribution is -0.156. The van der Waals surface area contributed by atoms with Gasteiger partial charge in [-0.25, -0.2) is 9.80 Å². The fourth-order valence-corrected chi connectivity index (χ4v) is 5.89. The van der Waals surface area contributed by atoms with Crippen LogP contribution in [0.2, 0.25) is 0 Å². The third-order valence-electron chi connectivity index (χ3n) is 8.85. The van der Waals surface area contributed by atoms with Gasteiger partial charge < -0.3 is 20.5 Å². The highest BCUT2D eigenvalue weighted by Gasteiger charge is 2.32. The molecule has 1 aliphatic heterocycles. The van der Waals surface area contributed by atoms with Crippen LogP contribution in [-0.2, 0) is 20.9 Å². The predicted molar refractivity (Wildman–Crippen MR) is 189 cm³/mol. The number of rotatable bonds is 16. The molecule has 0 radical (unpaired) electrons. The van der Waals surface area contributed by atoms with E-state index in [4.69, 9.17) is 10.5 Å². The second kappa shape index (κ2) is 17.7. The number of nitrogens with two attached hydrogens (primary N) is 1. The molecule has 0 aliphatic carbocycles. The van der Waals surface area contributed by atoms with Crippen LogP contribution in [0.4, 0.5) is 10.5 Å². The van der Waals surface area contributed by atoms with Gasteiger partial charge in [0.1, 0.15) is 11.9 Å². The van der Waals surface area contributed by atoms with Crippen LogP contribution >= 0.6 is 0 Å². The van der Waals surface area contributed by atoms with Gasteiger partial charge >= 0.3 is 6.09 Å². The predicted octanol–water partition coefficient (Wildman–Crippen LogP) is 6.41. The summed E-state index contributed by atoms with van der Waals surface area (Å²) in [7, 11) is 0. The molecule has 0 atom stereocenters. The lowest BCUT2D eigenvalue weighted by atomic mass is 9.92. The van der Waals surface area contributed by atoms with Crippen molar-refractivity contribution in [1.82, 2.24) is 14.9 Å². The highest BCUT2D eigenvalue weighted by Crippen LogP contribution is 2.28. The van der Waals surface area contributed by atoms with E-state index in [1.165, 1.54) is 0 Å². The molecule has 0 spiro atoms. The maximum absolute atomic E-state index is 13.9. The molecule has 1 aliphatic rings. The van der Waals surface area contributed by atoms with Gasteiger partial charge in [0.05, 0.1) is 11.1 Å². The number of primary amides is 1. The van der Waals surface area contributed by atoms with Crippen LogP contribution in [0, 0.1) is 5.41 Å². The molecule has 0 aromatic heterocycles. The largest absolute Gasteiger partial charge is 0.508 e. The zero-order chi connectivity index (χ0) is 34.5. The Labute approximate surface area is 284 Å². The molecule has 1 fully saturated rings. The second-order valence-electron chi connectivity index (χ2n) is 13.2. The minimum absolute atomic E-state index is 0.0139. The summed E-state index contributed by atoms with van der Waals surface area (Å²) in [5, 5.41) is 16.4. The van der Waals surface area contributed by atoms with Crippen LogP contribution in [0.25, 0.3) is 11.1 Å². The van der Waals surface area contributed by atoms with Gasteiger partial charge in [0.15, 0.2) is 0 Å². The third kappa shape index (κ3) is 10.8. The molecule has 0 saturated carbocycles. The van der Waals surface area contributed by atoms with E-state index >= 15 is 0 Å². The lowest BCUT2D eigenvalue weighted by Crippen LogP contribution is -2.53. The number of carbonyl (C=O) groups excluding carboxylic acids is 3. The van der Waals surface area contributed by atoms with Crippen molar-refractivity contribution < 1.29 is 24.2 Å². The van der Waals surface area contributed by atoms with E-state index in [2.05, 4.69) is 17.1 Å². The zero-order valence-electron chi connectivity index (χ0n) is 28.6. The van der Waals surface area contributed by atoms with E-state index in [0.29, 0.717) is 57.7 Å². The first-order valence-corrected chi connectivity index (χ1v) is 17.0. The van der Waals surface area contributed by atoms with Crippen LogP contribution in [0.1, 0.15) is 64.9 Å². The number of hydrogen-bond acceptors (Lipinski definition) is 7. The summed E-state index contributed by atoms with van der Waals surface area (Å²) in [6.45, 7) is 8.94. The number of benzene rings is 3. The van der Waals surface area contributed by atoms with Crippen molar-refractivity contribution in [2.45, 2.75) is 71.9 Å². The number of aromatic hydroxyl groups is 1. The smallest absolute Gasteiger partial charge is 0.411 e. The number of carbonyl (C=O) groups is 3. The summed E-state index contributed by atoms with van der Waals surface area (Å²) in [4.78, 5) is 41.3. The Morgan fingerprint density at radius 1 is 0.958 bits per heavy atom. The first-order chi connectivity index (χ1) is 23.1. The number of ether oxygens (including phenoxy) is 1. The van der Waals surface area contributed by atoms with Gasteiger partial charge in [-0.2, -0.15) is 0 Å². The number of nitrogens with one attached hydrogen (secondary N) is 1. The first-order valence-electron chi connectivity index (χ1n) is 17.0. The summed E-state index contributed by atoms with van der Waals surface area (Å²) in [5.41, 5.74) is 8.45. The van der Waals surface area contributed by atoms with Crippen LogP contribution in [0.3, 0.4) is 0 Å². The van der Waals surface area contributed by atoms with E-state index in [0.717, 1.165) is 36.0 Å². The maximum atomic E-state index is 13.9. The van der Waals surface area contributed by atoms with Gasteiger partial charge in [0.25, 0.3) is 0 Å². The Morgan fingerprint density at radius 2 is 1.62 bits per heavy atom. The number of amides is 3. The van der Waals surface area contributed by atoms with Crippen molar-refractivity contribution in [2.75, 3.05) is 38.0 Å². The number of phenolic OH excluding ortho intramolecular Hbond substituents is 1. The van der Waals surface area contributed by atoms with E-state index in [9.17, 15) is 19.5 Å². The minimum Gasteiger partial charge on any atom is -0.508 e. The van der Waals surface area contributed by atoms with Gasteiger partial charge in [0.2, 0.25) is 11.8 Å². The number of unbranched alkanes of at least 4 members (excludes halogenated alkanes) is 2. The number of para-hydroxylation sites is 1. The van der Waals surface area contributed by atoms with Crippen LogP contribution in [-0.4, -0.2) is 76.8 Å². The van der Waals surface area contributed by atoms with E-state index in [-0.39, 0.29) is 24.3 Å². The first kappa shape index (κ1) is 36.4. The molecule has 1 heterocycles. The molecule has 4 rings (SSSR count). The summed E-state index contributed by atoms with van der Waals surface area (Å²) in [5.74, 6) is -0.278. The fraction of sp³-hybridized carbons (Fsp3) is 0.447. The maximum Gasteiger partial charge on any atom is 0.411 e. The molecule has 3 amide bonds. The molecule has 10 heteroatoms. The summed E-state index contributed by atoms with van der Waals surface area (Å²) >= 11 is 0. The number of nitrogens with zero attached hydrogens (tertiary/aromatic N) is 3. The van der Waals surface area contributed by atoms with Crippen molar-refractivity contribution in [3.05, 3.63) is 84.4 Å². The topological polar surface area (TPSA) is 128 Å². The number of hydrazine groups is 1. The van der Waals surface area contributed by atoms with Gasteiger partial charge in [-0.05, 0) is 62.4 Å². The Hall–Kier alpha value is -4.41. The summed E-state index contributed by atoms with van der Waals surface area (Å²) in [6, 6.07) is 24.5. The highest BCUT2D eigenvalue weighted by atomic mass is 16.6. The van der Waals surface area contributed by atoms with Crippen molar-refractivity contribution >= 4 is 23.6 Å². The molecular formula is C38H51N5O5. The number of anilines is 1. The Morgan fingerprint density at radius 3 is 2.29 bits per heavy atom. The third-order valence-corrected chi connectivity index (χ3v) is 8.85. The SMILES string of the molecule is CCCCCN(C(=O)CCN1CCC(OC(=O)Nc2ccccc2-c2ccccc2)CC1)N(Cc1ccc(O)cc1)CC(C)(C)C(N)=O. The van der Waals surface area contributed by atoms with Crippen molar-refractivity contribution in [1.29, 1.82) is 0 Å². The normalized spacial score (nSPS) is 14.1. The van der Waals surface area contributed by atoms with Gasteiger partial charge in [-0.3, -0.25) is 19.9 Å². The van der Waals surface area contributed by atoms with Gasteiger partial charge in [-0.1, -0.05) is 80.4 Å². The minimum atomic E-state index is -0.863. The molecule has 0 unspecified atom stereocenters. The van der Waals surface area contributed by atoms with Gasteiger partial charge in [-0.15, -0.1) is 0 Å². The number of hydrogen-bond donors (Lipinski definition) is 3. The number of piperidine rings is 1. The molecule has 4 N–H and O–H groups in total. The monoisotopic (exact) mass is 657 g/mol. The second-order valence-corrected chi connectivity index (χ2v) is 13.2. The van der Waals surface area contributed by atoms with Crippen molar-refractivity contribution in [3.63, 3.8) is 0 Å².